The summed E-state index contributed by atoms with van der Waals surface area (Å²) in [4.78, 5) is 26.4. The number of aryl methyl sites for hydroxylation is 2. The molecule has 250 valence electrons. The second-order valence-corrected chi connectivity index (χ2v) is 15.6. The molecule has 2 aromatic rings. The Morgan fingerprint density at radius 1 is 0.826 bits per heavy atom. The number of carbonyl (C=O) groups is 2. The fourth-order valence-electron chi connectivity index (χ4n) is 9.63. The van der Waals surface area contributed by atoms with E-state index in [4.69, 9.17) is 23.7 Å². The van der Waals surface area contributed by atoms with Crippen molar-refractivity contribution in [2.24, 2.45) is 22.7 Å². The third-order valence-electron chi connectivity index (χ3n) is 12.4. The van der Waals surface area contributed by atoms with E-state index in [1.165, 1.54) is 0 Å². The molecule has 46 heavy (non-hydrogen) atoms. The number of hydrogen-bond acceptors (Lipinski definition) is 7. The van der Waals surface area contributed by atoms with Gasteiger partial charge in [0.2, 0.25) is 0 Å². The highest BCUT2D eigenvalue weighted by Crippen LogP contribution is 2.69. The van der Waals surface area contributed by atoms with Gasteiger partial charge >= 0.3 is 11.9 Å². The SMILES string of the molecule is Cc1ccccc1C(=O)OCC[C@]1(COC(=O)c2ccccc2C)CC[C@@]2(O1)[C@H](C)CC[C@@H]1[C@]3(C)COC(C)(C)O[C@H]3CC[C@@]12C. The lowest BCUT2D eigenvalue weighted by Gasteiger charge is -2.67. The summed E-state index contributed by atoms with van der Waals surface area (Å²) < 4.78 is 32.3. The molecule has 0 bridgehead atoms. The lowest BCUT2D eigenvalue weighted by Crippen LogP contribution is -2.69. The molecule has 0 N–H and O–H groups in total. The van der Waals surface area contributed by atoms with E-state index >= 15 is 0 Å². The Hall–Kier alpha value is -2.74. The van der Waals surface area contributed by atoms with Gasteiger partial charge in [-0.2, -0.15) is 0 Å². The number of rotatable bonds is 7. The third-order valence-corrected chi connectivity index (χ3v) is 12.4. The maximum Gasteiger partial charge on any atom is 0.338 e. The molecule has 2 heterocycles. The fraction of sp³-hybridized carbons (Fsp3) is 0.641. The van der Waals surface area contributed by atoms with Crippen molar-refractivity contribution >= 4 is 11.9 Å². The van der Waals surface area contributed by atoms with Crippen LogP contribution in [0.2, 0.25) is 0 Å². The van der Waals surface area contributed by atoms with Crippen LogP contribution in [0, 0.1) is 36.5 Å². The van der Waals surface area contributed by atoms with Gasteiger partial charge in [0.25, 0.3) is 0 Å². The molecule has 7 atom stereocenters. The van der Waals surface area contributed by atoms with Crippen LogP contribution in [0.1, 0.15) is 111 Å². The molecule has 0 unspecified atom stereocenters. The number of esters is 2. The molecule has 4 fully saturated rings. The highest BCUT2D eigenvalue weighted by atomic mass is 16.7. The van der Waals surface area contributed by atoms with Crippen LogP contribution in [0.4, 0.5) is 0 Å². The van der Waals surface area contributed by atoms with E-state index in [-0.39, 0.29) is 42.1 Å². The van der Waals surface area contributed by atoms with Gasteiger partial charge in [0.05, 0.1) is 36.0 Å². The standard InChI is InChI=1S/C39H52O7/c1-26-12-8-10-14-29(26)33(40)42-23-22-38(25-43-34(41)30-15-11-9-13-27(30)2)20-21-39(46-38)28(3)16-17-31-36(6)24-44-35(4,5)45-32(36)18-19-37(31,39)7/h8-15,28,31-32H,16-25H2,1-7H3/t28-,31-,32+,36+,37+,38+,39-/m1/s1. The summed E-state index contributed by atoms with van der Waals surface area (Å²) in [7, 11) is 0. The zero-order valence-electron chi connectivity index (χ0n) is 28.8. The topological polar surface area (TPSA) is 80.3 Å². The number of benzene rings is 2. The molecule has 7 heteroatoms. The molecule has 1 spiro atoms. The highest BCUT2D eigenvalue weighted by Gasteiger charge is 2.70. The van der Waals surface area contributed by atoms with Crippen molar-refractivity contribution in [3.05, 3.63) is 70.8 Å². The summed E-state index contributed by atoms with van der Waals surface area (Å²) >= 11 is 0. The quantitative estimate of drug-likeness (QED) is 0.286. The van der Waals surface area contributed by atoms with Crippen molar-refractivity contribution in [1.82, 2.24) is 0 Å². The van der Waals surface area contributed by atoms with Crippen LogP contribution in [0.5, 0.6) is 0 Å². The summed E-state index contributed by atoms with van der Waals surface area (Å²) in [6.07, 6.45) is 6.28. The zero-order chi connectivity index (χ0) is 33.0. The van der Waals surface area contributed by atoms with Crippen LogP contribution < -0.4 is 0 Å². The second kappa shape index (κ2) is 12.1. The minimum atomic E-state index is -0.775. The van der Waals surface area contributed by atoms with Gasteiger partial charge in [-0.15, -0.1) is 0 Å². The Bertz CT molecular complexity index is 1470. The summed E-state index contributed by atoms with van der Waals surface area (Å²) in [5.41, 5.74) is 1.44. The largest absolute Gasteiger partial charge is 0.462 e. The molecule has 2 aliphatic heterocycles. The van der Waals surface area contributed by atoms with E-state index in [9.17, 15) is 9.59 Å². The van der Waals surface area contributed by atoms with Crippen LogP contribution >= 0.6 is 0 Å². The van der Waals surface area contributed by atoms with Crippen LogP contribution in [-0.2, 0) is 23.7 Å². The van der Waals surface area contributed by atoms with Gasteiger partial charge in [-0.25, -0.2) is 9.59 Å². The highest BCUT2D eigenvalue weighted by molar-refractivity contribution is 5.91. The predicted molar refractivity (Wildman–Crippen MR) is 176 cm³/mol. The molecule has 4 aliphatic rings. The molecular formula is C39H52O7. The molecule has 7 nitrogen and oxygen atoms in total. The van der Waals surface area contributed by atoms with Crippen molar-refractivity contribution in [2.45, 2.75) is 117 Å². The monoisotopic (exact) mass is 632 g/mol. The summed E-state index contributed by atoms with van der Waals surface area (Å²) in [5.74, 6) is -0.600. The number of carbonyl (C=O) groups excluding carboxylic acids is 2. The molecule has 2 saturated heterocycles. The summed E-state index contributed by atoms with van der Waals surface area (Å²) in [6, 6.07) is 14.9. The predicted octanol–water partition coefficient (Wildman–Crippen LogP) is 8.00. The molecule has 0 aromatic heterocycles. The first-order chi connectivity index (χ1) is 21.7. The van der Waals surface area contributed by atoms with E-state index in [2.05, 4.69) is 20.8 Å². The average molecular weight is 633 g/mol. The van der Waals surface area contributed by atoms with Crippen molar-refractivity contribution in [3.63, 3.8) is 0 Å². The Balaban J connectivity index is 1.27. The van der Waals surface area contributed by atoms with Crippen LogP contribution in [0.15, 0.2) is 48.5 Å². The van der Waals surface area contributed by atoms with Gasteiger partial charge in [-0.05, 0) is 101 Å². The first kappa shape index (κ1) is 33.2. The van der Waals surface area contributed by atoms with E-state index in [0.717, 1.165) is 49.7 Å². The van der Waals surface area contributed by atoms with Gasteiger partial charge in [-0.3, -0.25) is 0 Å². The first-order valence-electron chi connectivity index (χ1n) is 17.2. The van der Waals surface area contributed by atoms with Crippen molar-refractivity contribution < 1.29 is 33.3 Å². The third kappa shape index (κ3) is 5.60. The molecule has 6 rings (SSSR count). The van der Waals surface area contributed by atoms with Gasteiger partial charge in [-0.1, -0.05) is 57.2 Å². The van der Waals surface area contributed by atoms with Crippen LogP contribution in [0.3, 0.4) is 0 Å². The average Bonchev–Trinajstić information content (AvgIpc) is 3.41. The molecule has 2 aliphatic carbocycles. The summed E-state index contributed by atoms with van der Waals surface area (Å²) in [6.45, 7) is 15.9. The molecule has 2 aromatic carbocycles. The lowest BCUT2D eigenvalue weighted by atomic mass is 9.43. The smallest absolute Gasteiger partial charge is 0.338 e. The van der Waals surface area contributed by atoms with Crippen molar-refractivity contribution in [1.29, 1.82) is 0 Å². The molecule has 2 saturated carbocycles. The number of ether oxygens (including phenoxy) is 5. The maximum absolute atomic E-state index is 13.4. The molecule has 0 amide bonds. The Morgan fingerprint density at radius 3 is 2.11 bits per heavy atom. The van der Waals surface area contributed by atoms with Crippen molar-refractivity contribution in [3.8, 4) is 0 Å². The molecular weight excluding hydrogens is 580 g/mol. The van der Waals surface area contributed by atoms with Crippen molar-refractivity contribution in [2.75, 3.05) is 19.8 Å². The van der Waals surface area contributed by atoms with Gasteiger partial charge < -0.3 is 23.7 Å². The minimum absolute atomic E-state index is 0.109. The maximum atomic E-state index is 13.4. The van der Waals surface area contributed by atoms with E-state index < -0.39 is 17.0 Å². The Kier molecular flexibility index (Phi) is 8.69. The fourth-order valence-corrected chi connectivity index (χ4v) is 9.63. The molecule has 0 radical (unpaired) electrons. The lowest BCUT2D eigenvalue weighted by molar-refractivity contribution is -0.359. The number of hydrogen-bond donors (Lipinski definition) is 0. The van der Waals surface area contributed by atoms with Gasteiger partial charge in [0.15, 0.2) is 5.79 Å². The van der Waals surface area contributed by atoms with E-state index in [1.807, 2.05) is 64.1 Å². The Morgan fingerprint density at radius 2 is 1.46 bits per heavy atom. The van der Waals surface area contributed by atoms with Gasteiger partial charge in [0.1, 0.15) is 12.2 Å². The first-order valence-corrected chi connectivity index (χ1v) is 17.2. The second-order valence-electron chi connectivity index (χ2n) is 15.6. The Labute approximate surface area is 274 Å². The van der Waals surface area contributed by atoms with E-state index in [1.54, 1.807) is 12.1 Å². The minimum Gasteiger partial charge on any atom is -0.462 e. The summed E-state index contributed by atoms with van der Waals surface area (Å²) in [5, 5.41) is 0. The van der Waals surface area contributed by atoms with E-state index in [0.29, 0.717) is 36.0 Å². The van der Waals surface area contributed by atoms with Gasteiger partial charge in [0, 0.05) is 17.3 Å². The number of fused-ring (bicyclic) bond motifs is 4. The normalized spacial score (nSPS) is 36.5. The zero-order valence-corrected chi connectivity index (χ0v) is 28.8. The van der Waals surface area contributed by atoms with Crippen LogP contribution in [-0.4, -0.2) is 54.9 Å². The van der Waals surface area contributed by atoms with Crippen LogP contribution in [0.25, 0.3) is 0 Å².